The number of quaternary nitrogens is 1. The number of hydrogen-bond donors (Lipinski definition) is 0. The predicted octanol–water partition coefficient (Wildman–Crippen LogP) is -0.905. The summed E-state index contributed by atoms with van der Waals surface area (Å²) in [7, 11) is 6.64. The molecule has 1 aliphatic carbocycles. The molecule has 0 radical (unpaired) electrons. The summed E-state index contributed by atoms with van der Waals surface area (Å²) in [5, 5.41) is 49.9. The molecule has 0 aromatic rings. The molecule has 2 heterocycles. The predicted molar refractivity (Wildman–Crippen MR) is 132 cm³/mol. The van der Waals surface area contributed by atoms with Crippen LogP contribution in [0, 0.1) is 11.3 Å². The van der Waals surface area contributed by atoms with Crippen molar-refractivity contribution >= 4 is 5.97 Å². The van der Waals surface area contributed by atoms with Gasteiger partial charge in [-0.05, 0) is 50.0 Å². The molecule has 2 unspecified atom stereocenters. The van der Waals surface area contributed by atoms with Crippen molar-refractivity contribution in [3.8, 4) is 0 Å². The molecule has 0 aromatic heterocycles. The summed E-state index contributed by atoms with van der Waals surface area (Å²) in [6, 6.07) is 0. The summed E-state index contributed by atoms with van der Waals surface area (Å²) in [6.07, 6.45) is 3.69. The molecule has 3 fully saturated rings. The minimum absolute atomic E-state index is 0. The van der Waals surface area contributed by atoms with Gasteiger partial charge in [-0.15, -0.1) is 24.4 Å². The molecule has 212 valence electrons. The molecule has 0 amide bonds. The van der Waals surface area contributed by atoms with E-state index in [2.05, 4.69) is 26.0 Å². The molecule has 2 saturated heterocycles. The van der Waals surface area contributed by atoms with E-state index in [0.717, 1.165) is 49.8 Å². The Morgan fingerprint density at radius 1 is 0.806 bits per heavy atom. The number of carboxylic acid groups (broad SMARTS) is 1. The molecule has 36 heavy (non-hydrogen) atoms. The summed E-state index contributed by atoms with van der Waals surface area (Å²) in [4.78, 5) is 14.0. The van der Waals surface area contributed by atoms with Crippen LogP contribution in [0.25, 0.3) is 0 Å². The van der Waals surface area contributed by atoms with Crippen LogP contribution in [0.3, 0.4) is 0 Å². The van der Waals surface area contributed by atoms with Crippen LogP contribution < -0.4 is 25.5 Å². The van der Waals surface area contributed by atoms with Gasteiger partial charge in [0.25, 0.3) is 0 Å². The van der Waals surface area contributed by atoms with Gasteiger partial charge in [0.15, 0.2) is 0 Å². The standard InChI is InChI=1S/C15H26N2O2.4C3H7O.Ti/c1-17(2,3)11-5-12-4-6-14(12)7-9-16-10-8-15(14,16)13(18)19;4*1-3(2)4;/h12H,4-11H2,1-3H3;4*3H,1-2H3;/q;4*-1;+4/t12?,14?,15-;;;;;/m1...../s1. The number of hydrogen-bond acceptors (Lipinski definition) is 7. The average Bonchev–Trinajstić information content (AvgIpc) is 2.80. The second kappa shape index (κ2) is 18.3. The normalized spacial score (nSPS) is 26.0. The fraction of sp³-hybridized carbons (Fsp3) is 0.963. The third-order valence-electron chi connectivity index (χ3n) is 6.14. The van der Waals surface area contributed by atoms with Crippen LogP contribution in [0.5, 0.6) is 0 Å². The Kier molecular flexibility index (Phi) is 20.5. The Morgan fingerprint density at radius 3 is 1.39 bits per heavy atom. The smallest absolute Gasteiger partial charge is 0.852 e. The molecular formula is C27H54N2O6Ti. The number of nitrogens with zero attached hydrogens (tertiary/aromatic N) is 2. The number of rotatable bonds is 4. The average molecular weight is 551 g/mol. The molecule has 8 nitrogen and oxygen atoms in total. The third-order valence-corrected chi connectivity index (χ3v) is 6.14. The molecule has 9 heteroatoms. The van der Waals surface area contributed by atoms with Crippen molar-refractivity contribution in [1.29, 1.82) is 0 Å². The van der Waals surface area contributed by atoms with Crippen LogP contribution in [0.15, 0.2) is 0 Å². The molecule has 1 saturated carbocycles. The van der Waals surface area contributed by atoms with Gasteiger partial charge in [-0.3, -0.25) is 4.90 Å². The van der Waals surface area contributed by atoms with Gasteiger partial charge >= 0.3 is 21.7 Å². The monoisotopic (exact) mass is 550 g/mol. The van der Waals surface area contributed by atoms with Crippen molar-refractivity contribution in [2.45, 2.75) is 117 Å². The Labute approximate surface area is 236 Å². The van der Waals surface area contributed by atoms with Crippen LogP contribution in [0.4, 0.5) is 0 Å². The summed E-state index contributed by atoms with van der Waals surface area (Å²) < 4.78 is 0.967. The fourth-order valence-electron chi connectivity index (χ4n) is 4.87. The number of fused-ring (bicyclic) bond motifs is 2. The first-order chi connectivity index (χ1) is 15.7. The van der Waals surface area contributed by atoms with Gasteiger partial charge < -0.3 is 34.8 Å². The molecule has 1 spiro atoms. The zero-order chi connectivity index (χ0) is 28.2. The second-order valence-corrected chi connectivity index (χ2v) is 12.0. The summed E-state index contributed by atoms with van der Waals surface area (Å²) in [5.74, 6) is -0.209. The quantitative estimate of drug-likeness (QED) is 0.327. The molecule has 3 rings (SSSR count). The summed E-state index contributed by atoms with van der Waals surface area (Å²) in [5.41, 5.74) is -0.556. The zero-order valence-electron chi connectivity index (χ0n) is 24.9. The van der Waals surface area contributed by atoms with E-state index in [1.54, 1.807) is 55.4 Å². The third kappa shape index (κ3) is 14.2. The van der Waals surface area contributed by atoms with E-state index in [-0.39, 0.29) is 27.1 Å². The van der Waals surface area contributed by atoms with Crippen molar-refractivity contribution in [2.75, 3.05) is 40.8 Å². The van der Waals surface area contributed by atoms with Gasteiger partial charge in [0.05, 0.1) is 39.2 Å². The maximum atomic E-state index is 11.8. The maximum absolute atomic E-state index is 11.8. The van der Waals surface area contributed by atoms with Gasteiger partial charge in [0.2, 0.25) is 0 Å². The van der Waals surface area contributed by atoms with Crippen LogP contribution in [0.2, 0.25) is 0 Å². The summed E-state index contributed by atoms with van der Waals surface area (Å²) >= 11 is 0. The van der Waals surface area contributed by atoms with Crippen molar-refractivity contribution in [3.05, 3.63) is 0 Å². The second-order valence-electron chi connectivity index (χ2n) is 12.0. The van der Waals surface area contributed by atoms with E-state index in [4.69, 9.17) is 0 Å². The Hall–Kier alpha value is -0.0557. The van der Waals surface area contributed by atoms with Crippen LogP contribution >= 0.6 is 0 Å². The fourth-order valence-corrected chi connectivity index (χ4v) is 4.87. The van der Waals surface area contributed by atoms with Crippen molar-refractivity contribution in [1.82, 2.24) is 4.90 Å². The minimum Gasteiger partial charge on any atom is -0.852 e. The minimum atomic E-state index is -0.800. The van der Waals surface area contributed by atoms with E-state index >= 15 is 0 Å². The van der Waals surface area contributed by atoms with Gasteiger partial charge in [-0.1, -0.05) is 55.4 Å². The largest absolute Gasteiger partial charge is 4.00 e. The molecule has 0 bridgehead atoms. The van der Waals surface area contributed by atoms with Gasteiger partial charge in [0.1, 0.15) is 0 Å². The topological polar surface area (TPSA) is 136 Å². The van der Waals surface area contributed by atoms with E-state index < -0.39 is 35.9 Å². The molecule has 0 aromatic carbocycles. The number of carbonyl (C=O) groups excluding carboxylic acids is 1. The zero-order valence-corrected chi connectivity index (χ0v) is 26.4. The van der Waals surface area contributed by atoms with E-state index in [0.29, 0.717) is 5.92 Å². The van der Waals surface area contributed by atoms with Crippen LogP contribution in [-0.2, 0) is 26.5 Å². The van der Waals surface area contributed by atoms with E-state index in [1.807, 2.05) is 0 Å². The maximum Gasteiger partial charge on any atom is 4.00 e. The van der Waals surface area contributed by atoms with Crippen molar-refractivity contribution in [2.24, 2.45) is 11.3 Å². The first kappa shape index (κ1) is 40.4. The van der Waals surface area contributed by atoms with Gasteiger partial charge in [-0.2, -0.15) is 0 Å². The van der Waals surface area contributed by atoms with Crippen LogP contribution in [0.1, 0.15) is 87.5 Å². The molecular weight excluding hydrogens is 496 g/mol. The van der Waals surface area contributed by atoms with Gasteiger partial charge in [0, 0.05) is 6.54 Å². The van der Waals surface area contributed by atoms with Gasteiger partial charge in [-0.25, -0.2) is 0 Å². The van der Waals surface area contributed by atoms with E-state index in [9.17, 15) is 30.3 Å². The van der Waals surface area contributed by atoms with Crippen LogP contribution in [-0.4, -0.2) is 86.1 Å². The van der Waals surface area contributed by atoms with Crippen molar-refractivity contribution < 1.29 is 56.5 Å². The molecule has 3 atom stereocenters. The summed E-state index contributed by atoms with van der Waals surface area (Å²) in [6.45, 7) is 15.9. The molecule has 0 N–H and O–H groups in total. The Bertz CT molecular complexity index is 548. The van der Waals surface area contributed by atoms with Crippen molar-refractivity contribution in [3.63, 3.8) is 0 Å². The SMILES string of the molecule is CC(C)[O-].CC(C)[O-].CC(C)[O-].CC(C)[O-].C[N+](C)(C)CCC1CCC12CCN1CC[C@]12C(=O)[O-].[Ti+4]. The first-order valence-corrected chi connectivity index (χ1v) is 13.1. The Balaban J connectivity index is -0.000000531. The first-order valence-electron chi connectivity index (χ1n) is 13.1. The van der Waals surface area contributed by atoms with E-state index in [1.165, 1.54) is 6.42 Å². The number of aliphatic carboxylic acids is 1. The molecule has 3 aliphatic rings. The number of carboxylic acids is 1. The Morgan fingerprint density at radius 2 is 1.17 bits per heavy atom. The molecule has 2 aliphatic heterocycles. The number of carbonyl (C=O) groups is 1.